The van der Waals surface area contributed by atoms with E-state index >= 15 is 0 Å². The lowest BCUT2D eigenvalue weighted by molar-refractivity contribution is -0.131. The van der Waals surface area contributed by atoms with Gasteiger partial charge in [0, 0.05) is 6.08 Å². The molecule has 0 spiro atoms. The van der Waals surface area contributed by atoms with Gasteiger partial charge in [0.15, 0.2) is 0 Å². The number of carbonyl (C=O) groups is 1. The van der Waals surface area contributed by atoms with Crippen LogP contribution in [0.5, 0.6) is 0 Å². The van der Waals surface area contributed by atoms with Crippen molar-refractivity contribution < 1.29 is 9.90 Å². The molecule has 32 valence electrons. The maximum Gasteiger partial charge on any atom is 0.326 e. The van der Waals surface area contributed by atoms with Gasteiger partial charge in [-0.3, -0.25) is 0 Å². The Balaban J connectivity index is 3.68. The van der Waals surface area contributed by atoms with Crippen LogP contribution in [0.15, 0.2) is 11.4 Å². The molecule has 0 aromatic rings. The van der Waals surface area contributed by atoms with Crippen molar-refractivity contribution >= 4 is 21.7 Å². The highest BCUT2D eigenvalue weighted by Crippen LogP contribution is 1.74. The number of carboxylic acid groups (broad SMARTS) is 1. The predicted molar refractivity (Wildman–Crippen MR) is 27.2 cm³/mol. The van der Waals surface area contributed by atoms with Crippen molar-refractivity contribution in [2.75, 3.05) is 0 Å². The van der Waals surface area contributed by atoms with Gasteiger partial charge in [-0.05, 0) is 0 Å². The molecule has 4 heteroatoms. The fourth-order valence-corrected chi connectivity index (χ4v) is 0.143. The molecule has 0 rings (SSSR count). The minimum Gasteiger partial charge on any atom is -0.478 e. The van der Waals surface area contributed by atoms with Gasteiger partial charge in [-0.2, -0.15) is 5.37 Å². The van der Waals surface area contributed by atoms with Crippen LogP contribution in [0.4, 0.5) is 0 Å². The van der Waals surface area contributed by atoms with Gasteiger partial charge in [-0.25, -0.2) is 4.79 Å². The Kier molecular flexibility index (Phi) is 2.27. The first-order chi connectivity index (χ1) is 3.13. The summed E-state index contributed by atoms with van der Waals surface area (Å²) in [6.07, 6.45) is 0.722. The highest BCUT2D eigenvalue weighted by atomic mass is 16.4. The number of hydrogen-bond acceptors (Lipinski definition) is 1. The second kappa shape index (κ2) is 2.50. The molecule has 0 aliphatic rings. The van der Waals surface area contributed by atoms with E-state index in [1.165, 1.54) is 0 Å². The molecular weight excluding hydrogens is 89.7 g/mol. The molecule has 0 heterocycles. The molecule has 0 fully saturated rings. The second-order valence-electron chi connectivity index (χ2n) is 0.983. The average molecular weight is 91.7 g/mol. The summed E-state index contributed by atoms with van der Waals surface area (Å²) < 4.78 is 0. The molecule has 4 radical (unpaired) electrons. The lowest BCUT2D eigenvalue weighted by Gasteiger charge is -1.80. The molecule has 0 aromatic carbocycles. The lowest BCUT2D eigenvalue weighted by Crippen LogP contribution is -1.90. The third kappa shape index (κ3) is 5.34. The molecule has 7 heavy (non-hydrogen) atoms. The Hall–Kier alpha value is -0.660. The number of aliphatic carboxylic acids is 1. The quantitative estimate of drug-likeness (QED) is 0.341. The fourth-order valence-electron chi connectivity index (χ4n) is 0.143. The van der Waals surface area contributed by atoms with E-state index in [4.69, 9.17) is 20.8 Å². The van der Waals surface area contributed by atoms with Crippen LogP contribution in [0, 0.1) is 0 Å². The van der Waals surface area contributed by atoms with E-state index in [0.29, 0.717) is 0 Å². The van der Waals surface area contributed by atoms with E-state index in [0.717, 1.165) is 6.08 Å². The average Bonchev–Trinajstić information content (AvgIpc) is 1.27. The van der Waals surface area contributed by atoms with E-state index < -0.39 is 5.97 Å². The van der Waals surface area contributed by atoms with Gasteiger partial charge in [0.25, 0.3) is 0 Å². The van der Waals surface area contributed by atoms with Gasteiger partial charge in [0.1, 0.15) is 0 Å². The van der Waals surface area contributed by atoms with Crippen LogP contribution in [0.2, 0.25) is 0 Å². The van der Waals surface area contributed by atoms with Crippen LogP contribution in [-0.2, 0) is 4.79 Å². The first kappa shape index (κ1) is 6.34. The first-order valence-electron chi connectivity index (χ1n) is 1.58. The SMILES string of the molecule is [B]C([B])=CC(=O)O. The third-order valence-corrected chi connectivity index (χ3v) is 0.290. The number of hydrogen-bond donors (Lipinski definition) is 1. The van der Waals surface area contributed by atoms with Crippen molar-refractivity contribution in [2.24, 2.45) is 0 Å². The van der Waals surface area contributed by atoms with E-state index in [1.807, 2.05) is 0 Å². The van der Waals surface area contributed by atoms with Crippen LogP contribution in [0.3, 0.4) is 0 Å². The van der Waals surface area contributed by atoms with Crippen molar-refractivity contribution in [1.82, 2.24) is 0 Å². The number of carboxylic acids is 1. The van der Waals surface area contributed by atoms with Gasteiger partial charge in [-0.1, -0.05) is 0 Å². The van der Waals surface area contributed by atoms with Gasteiger partial charge in [0.2, 0.25) is 0 Å². The summed E-state index contributed by atoms with van der Waals surface area (Å²) in [7, 11) is 9.50. The fraction of sp³-hybridized carbons (Fsp3) is 0. The van der Waals surface area contributed by atoms with Crippen LogP contribution in [0.25, 0.3) is 0 Å². The summed E-state index contributed by atoms with van der Waals surface area (Å²) in [5.74, 6) is -1.12. The molecule has 1 N–H and O–H groups in total. The summed E-state index contributed by atoms with van der Waals surface area (Å²) in [5.41, 5.74) is 0. The highest BCUT2D eigenvalue weighted by Gasteiger charge is 1.83. The van der Waals surface area contributed by atoms with Gasteiger partial charge < -0.3 is 5.11 Å². The molecule has 0 aliphatic heterocycles. The maximum absolute atomic E-state index is 9.57. The minimum absolute atomic E-state index is 0.187. The largest absolute Gasteiger partial charge is 0.478 e. The smallest absolute Gasteiger partial charge is 0.326 e. The third-order valence-electron chi connectivity index (χ3n) is 0.290. The Morgan fingerprint density at radius 1 is 1.57 bits per heavy atom. The Morgan fingerprint density at radius 2 is 2.00 bits per heavy atom. The molecule has 0 unspecified atom stereocenters. The van der Waals surface area contributed by atoms with Crippen LogP contribution in [-0.4, -0.2) is 26.8 Å². The van der Waals surface area contributed by atoms with Crippen molar-refractivity contribution in [3.05, 3.63) is 11.4 Å². The Morgan fingerprint density at radius 3 is 2.00 bits per heavy atom. The molecule has 0 amide bonds. The Labute approximate surface area is 44.0 Å². The van der Waals surface area contributed by atoms with Crippen LogP contribution >= 0.6 is 0 Å². The zero-order chi connectivity index (χ0) is 5.86. The zero-order valence-electron chi connectivity index (χ0n) is 3.59. The first-order valence-corrected chi connectivity index (χ1v) is 1.58. The topological polar surface area (TPSA) is 37.3 Å². The Bertz CT molecular complexity index is 104. The van der Waals surface area contributed by atoms with E-state index in [-0.39, 0.29) is 5.37 Å². The van der Waals surface area contributed by atoms with E-state index in [9.17, 15) is 4.79 Å². The molecule has 0 bridgehead atoms. The summed E-state index contributed by atoms with van der Waals surface area (Å²) in [6, 6.07) is 0. The van der Waals surface area contributed by atoms with Crippen LogP contribution in [0.1, 0.15) is 0 Å². The van der Waals surface area contributed by atoms with Crippen molar-refractivity contribution in [1.29, 1.82) is 0 Å². The summed E-state index contributed by atoms with van der Waals surface area (Å²) >= 11 is 0. The second-order valence-corrected chi connectivity index (χ2v) is 0.983. The standard InChI is InChI=1S/C3H2B2O2/c4-2(5)1-3(6)7/h1H,(H,6,7). The van der Waals surface area contributed by atoms with E-state index in [2.05, 4.69) is 0 Å². The normalized spacial score (nSPS) is 7.43. The highest BCUT2D eigenvalue weighted by molar-refractivity contribution is 6.49. The van der Waals surface area contributed by atoms with Crippen molar-refractivity contribution in [2.45, 2.75) is 0 Å². The summed E-state index contributed by atoms with van der Waals surface area (Å²) in [5, 5.41) is 7.66. The maximum atomic E-state index is 9.57. The predicted octanol–water partition coefficient (Wildman–Crippen LogP) is -0.751. The number of rotatable bonds is 1. The molecule has 2 nitrogen and oxygen atoms in total. The molecular formula is C3H2B2O2. The monoisotopic (exact) mass is 92.0 g/mol. The van der Waals surface area contributed by atoms with Crippen molar-refractivity contribution in [3.63, 3.8) is 0 Å². The summed E-state index contributed by atoms with van der Waals surface area (Å²) in [4.78, 5) is 9.57. The molecule has 0 aromatic heterocycles. The van der Waals surface area contributed by atoms with Gasteiger partial charge >= 0.3 is 5.97 Å². The van der Waals surface area contributed by atoms with E-state index in [1.54, 1.807) is 0 Å². The zero-order valence-corrected chi connectivity index (χ0v) is 3.59. The van der Waals surface area contributed by atoms with Crippen molar-refractivity contribution in [3.8, 4) is 0 Å². The molecule has 0 aliphatic carbocycles. The molecule has 0 saturated heterocycles. The van der Waals surface area contributed by atoms with Gasteiger partial charge in [0.05, 0.1) is 15.7 Å². The molecule has 0 saturated carbocycles. The summed E-state index contributed by atoms with van der Waals surface area (Å²) in [6.45, 7) is 0. The lowest BCUT2D eigenvalue weighted by atomic mass is 9.78. The molecule has 0 atom stereocenters. The van der Waals surface area contributed by atoms with Gasteiger partial charge in [-0.15, -0.1) is 0 Å². The minimum atomic E-state index is -1.12. The van der Waals surface area contributed by atoms with Crippen LogP contribution < -0.4 is 0 Å².